The second kappa shape index (κ2) is 8.37. The summed E-state index contributed by atoms with van der Waals surface area (Å²) < 4.78 is 1.78. The molecule has 31 heavy (non-hydrogen) atoms. The number of likely N-dealkylation sites (tertiary alicyclic amines) is 1. The van der Waals surface area contributed by atoms with Gasteiger partial charge in [0.2, 0.25) is 0 Å². The van der Waals surface area contributed by atoms with Gasteiger partial charge in [0.25, 0.3) is 0 Å². The lowest BCUT2D eigenvalue weighted by Crippen LogP contribution is -2.46. The summed E-state index contributed by atoms with van der Waals surface area (Å²) in [5, 5.41) is 8.23. The topological polar surface area (TPSA) is 106 Å². The quantitative estimate of drug-likeness (QED) is 0.634. The fraction of sp³-hybridized carbons (Fsp3) is 0.391. The molecule has 3 N–H and O–H groups in total. The van der Waals surface area contributed by atoms with E-state index in [-0.39, 0.29) is 6.04 Å². The number of piperidine rings is 1. The Morgan fingerprint density at radius 3 is 2.84 bits per heavy atom. The largest absolute Gasteiger partial charge is 0.383 e. The summed E-state index contributed by atoms with van der Waals surface area (Å²) >= 11 is 0. The van der Waals surface area contributed by atoms with Crippen molar-refractivity contribution in [2.75, 3.05) is 17.6 Å². The van der Waals surface area contributed by atoms with Crippen LogP contribution in [0.15, 0.2) is 36.7 Å². The molecule has 1 aliphatic rings. The van der Waals surface area contributed by atoms with Crippen molar-refractivity contribution in [3.63, 3.8) is 0 Å². The van der Waals surface area contributed by atoms with E-state index >= 15 is 0 Å². The van der Waals surface area contributed by atoms with Crippen molar-refractivity contribution in [3.8, 4) is 0 Å². The Kier molecular flexibility index (Phi) is 5.63. The van der Waals surface area contributed by atoms with E-state index in [1.54, 1.807) is 15.6 Å². The maximum atomic E-state index is 13.2. The smallest absolute Gasteiger partial charge is 0.313 e. The van der Waals surface area contributed by atoms with Crippen molar-refractivity contribution in [3.05, 3.63) is 47.8 Å². The molecule has 162 valence electrons. The van der Waals surface area contributed by atoms with Gasteiger partial charge in [-0.25, -0.2) is 4.98 Å². The zero-order valence-corrected chi connectivity index (χ0v) is 18.1. The standard InChI is InChI=1S/C23H28N6O2/c1-4-15-9-18(11-25-21(15)24)26-22(30)23(31)29-12-14(2)5-8-20(29)16-6-7-17-13-28(3)27-19(17)10-16/h6-7,9-11,13-14,20H,4-5,8,12H2,1-3H3,(H2,24,25)(H,26,30)/t14-,20+/m0/s1. The van der Waals surface area contributed by atoms with Crippen LogP contribution in [0.2, 0.25) is 0 Å². The summed E-state index contributed by atoms with van der Waals surface area (Å²) in [4.78, 5) is 31.8. The average molecular weight is 421 g/mol. The van der Waals surface area contributed by atoms with Crippen LogP contribution in [0.5, 0.6) is 0 Å². The van der Waals surface area contributed by atoms with Crippen LogP contribution in [-0.4, -0.2) is 38.0 Å². The molecule has 1 saturated heterocycles. The minimum Gasteiger partial charge on any atom is -0.383 e. The molecule has 2 aromatic heterocycles. The number of nitrogens with one attached hydrogen (secondary N) is 1. The lowest BCUT2D eigenvalue weighted by atomic mass is 9.89. The number of fused-ring (bicyclic) bond motifs is 1. The summed E-state index contributed by atoms with van der Waals surface area (Å²) in [6.45, 7) is 4.60. The van der Waals surface area contributed by atoms with E-state index in [1.807, 2.05) is 38.4 Å². The number of hydrogen-bond donors (Lipinski definition) is 2. The first-order valence-corrected chi connectivity index (χ1v) is 10.6. The number of rotatable bonds is 3. The molecule has 8 nitrogen and oxygen atoms in total. The molecular weight excluding hydrogens is 392 g/mol. The molecule has 1 aliphatic heterocycles. The normalized spacial score (nSPS) is 18.9. The summed E-state index contributed by atoms with van der Waals surface area (Å²) in [6, 6.07) is 7.67. The fourth-order valence-electron chi connectivity index (χ4n) is 4.27. The van der Waals surface area contributed by atoms with E-state index in [0.29, 0.717) is 30.4 Å². The third kappa shape index (κ3) is 4.23. The van der Waals surface area contributed by atoms with Crippen molar-refractivity contribution < 1.29 is 9.59 Å². The number of anilines is 2. The SMILES string of the molecule is CCc1cc(NC(=O)C(=O)N2C[C@@H](C)CC[C@@H]2c2ccc3cn(C)nc3c2)cnc1N. The molecule has 0 bridgehead atoms. The van der Waals surface area contributed by atoms with Gasteiger partial charge in [0.1, 0.15) is 5.82 Å². The summed E-state index contributed by atoms with van der Waals surface area (Å²) in [7, 11) is 1.89. The van der Waals surface area contributed by atoms with Crippen LogP contribution >= 0.6 is 0 Å². The molecule has 2 atom stereocenters. The van der Waals surface area contributed by atoms with Gasteiger partial charge in [-0.2, -0.15) is 5.10 Å². The number of nitrogens with zero attached hydrogens (tertiary/aromatic N) is 4. The van der Waals surface area contributed by atoms with Gasteiger partial charge in [0.05, 0.1) is 23.4 Å². The molecule has 4 rings (SSSR count). The van der Waals surface area contributed by atoms with Gasteiger partial charge < -0.3 is 16.0 Å². The second-order valence-corrected chi connectivity index (χ2v) is 8.35. The van der Waals surface area contributed by atoms with Gasteiger partial charge >= 0.3 is 11.8 Å². The van der Waals surface area contributed by atoms with E-state index < -0.39 is 11.8 Å². The highest BCUT2D eigenvalue weighted by Crippen LogP contribution is 2.34. The van der Waals surface area contributed by atoms with Crippen LogP contribution in [0.4, 0.5) is 11.5 Å². The molecule has 1 aromatic carbocycles. The van der Waals surface area contributed by atoms with Crippen LogP contribution in [0.25, 0.3) is 10.9 Å². The van der Waals surface area contributed by atoms with Gasteiger partial charge in [0.15, 0.2) is 0 Å². The molecular formula is C23H28N6O2. The molecule has 3 heterocycles. The van der Waals surface area contributed by atoms with E-state index in [1.165, 1.54) is 6.20 Å². The monoisotopic (exact) mass is 420 g/mol. The minimum atomic E-state index is -0.661. The highest BCUT2D eigenvalue weighted by Gasteiger charge is 2.34. The van der Waals surface area contributed by atoms with Crippen molar-refractivity contribution in [1.29, 1.82) is 0 Å². The Hall–Kier alpha value is -3.42. The van der Waals surface area contributed by atoms with Gasteiger partial charge in [-0.3, -0.25) is 14.3 Å². The first kappa shape index (κ1) is 20.8. The Morgan fingerprint density at radius 1 is 1.26 bits per heavy atom. The molecule has 0 radical (unpaired) electrons. The number of pyridine rings is 1. The van der Waals surface area contributed by atoms with Crippen LogP contribution in [0.1, 0.15) is 43.9 Å². The maximum absolute atomic E-state index is 13.2. The molecule has 1 fully saturated rings. The first-order chi connectivity index (χ1) is 14.9. The fourth-order valence-corrected chi connectivity index (χ4v) is 4.27. The Morgan fingerprint density at radius 2 is 2.06 bits per heavy atom. The highest BCUT2D eigenvalue weighted by molar-refractivity contribution is 6.39. The third-order valence-electron chi connectivity index (χ3n) is 5.94. The lowest BCUT2D eigenvalue weighted by Gasteiger charge is -2.38. The van der Waals surface area contributed by atoms with Crippen LogP contribution in [0, 0.1) is 5.92 Å². The first-order valence-electron chi connectivity index (χ1n) is 10.6. The van der Waals surface area contributed by atoms with Gasteiger partial charge in [-0.15, -0.1) is 0 Å². The number of aryl methyl sites for hydroxylation is 2. The number of carbonyl (C=O) groups excluding carboxylic acids is 2. The number of nitrogen functional groups attached to an aromatic ring is 1. The van der Waals surface area contributed by atoms with Crippen LogP contribution in [-0.2, 0) is 23.1 Å². The van der Waals surface area contributed by atoms with E-state index in [4.69, 9.17) is 5.73 Å². The second-order valence-electron chi connectivity index (χ2n) is 8.35. The average Bonchev–Trinajstić information content (AvgIpc) is 3.13. The summed E-state index contributed by atoms with van der Waals surface area (Å²) in [5.74, 6) is -0.433. The zero-order valence-electron chi connectivity index (χ0n) is 18.1. The van der Waals surface area contributed by atoms with Crippen molar-refractivity contribution >= 4 is 34.2 Å². The number of benzene rings is 1. The van der Waals surface area contributed by atoms with Crippen molar-refractivity contribution in [2.24, 2.45) is 13.0 Å². The Bertz CT molecular complexity index is 1140. The van der Waals surface area contributed by atoms with E-state index in [2.05, 4.69) is 22.3 Å². The summed E-state index contributed by atoms with van der Waals surface area (Å²) in [5.41, 5.74) is 9.03. The molecule has 2 amide bonds. The molecule has 0 spiro atoms. The number of aromatic nitrogens is 3. The lowest BCUT2D eigenvalue weighted by molar-refractivity contribution is -0.146. The predicted molar refractivity (Wildman–Crippen MR) is 120 cm³/mol. The van der Waals surface area contributed by atoms with Crippen LogP contribution in [0.3, 0.4) is 0 Å². The molecule has 0 saturated carbocycles. The Labute approximate surface area is 181 Å². The Balaban J connectivity index is 1.57. The van der Waals surface area contributed by atoms with Gasteiger partial charge in [-0.05, 0) is 48.4 Å². The van der Waals surface area contributed by atoms with Crippen molar-refractivity contribution in [2.45, 2.75) is 39.2 Å². The number of amides is 2. The van der Waals surface area contributed by atoms with E-state index in [9.17, 15) is 9.59 Å². The molecule has 0 aliphatic carbocycles. The number of carbonyl (C=O) groups is 2. The summed E-state index contributed by atoms with van der Waals surface area (Å²) in [6.07, 6.45) is 5.94. The van der Waals surface area contributed by atoms with Crippen LogP contribution < -0.4 is 11.1 Å². The number of hydrogen-bond acceptors (Lipinski definition) is 5. The highest BCUT2D eigenvalue weighted by atomic mass is 16.2. The van der Waals surface area contributed by atoms with E-state index in [0.717, 1.165) is 34.9 Å². The van der Waals surface area contributed by atoms with Gasteiger partial charge in [0, 0.05) is 25.2 Å². The molecule has 8 heteroatoms. The predicted octanol–water partition coefficient (Wildman–Crippen LogP) is 3.05. The molecule has 0 unspecified atom stereocenters. The van der Waals surface area contributed by atoms with Gasteiger partial charge in [-0.1, -0.05) is 26.0 Å². The molecule has 3 aromatic rings. The van der Waals surface area contributed by atoms with Crippen molar-refractivity contribution in [1.82, 2.24) is 19.7 Å². The maximum Gasteiger partial charge on any atom is 0.313 e. The minimum absolute atomic E-state index is 0.156. The zero-order chi connectivity index (χ0) is 22.1. The third-order valence-corrected chi connectivity index (χ3v) is 5.94. The number of nitrogens with two attached hydrogens (primary N) is 1.